The first-order valence-corrected chi connectivity index (χ1v) is 11.7. The Labute approximate surface area is 184 Å². The molecule has 0 radical (unpaired) electrons. The zero-order chi connectivity index (χ0) is 21.0. The first-order chi connectivity index (χ1) is 13.8. The minimum Gasteiger partial charge on any atom is -0.452 e. The number of hydrogen-bond donors (Lipinski definition) is 1. The standard InChI is InChI=1S/C16H15BrClN3O6S2/c17-13-8-19-16(28-13)20-14(22)9-27-15(23)10-1-2-11(18)12(7-10)29(24,25)21-3-5-26-6-4-21/h1-2,7-8H,3-6,9H2,(H,19,20,22). The van der Waals surface area contributed by atoms with Gasteiger partial charge in [-0.2, -0.15) is 4.31 Å². The van der Waals surface area contributed by atoms with E-state index in [4.69, 9.17) is 21.1 Å². The van der Waals surface area contributed by atoms with Crippen molar-refractivity contribution in [2.75, 3.05) is 38.2 Å². The average molecular weight is 525 g/mol. The van der Waals surface area contributed by atoms with Gasteiger partial charge in [0, 0.05) is 13.1 Å². The third kappa shape index (κ3) is 5.53. The molecular weight excluding hydrogens is 510 g/mol. The van der Waals surface area contributed by atoms with Crippen molar-refractivity contribution in [3.8, 4) is 0 Å². The molecule has 0 aliphatic carbocycles. The van der Waals surface area contributed by atoms with Crippen LogP contribution in [0.15, 0.2) is 33.1 Å². The van der Waals surface area contributed by atoms with Crippen molar-refractivity contribution in [2.24, 2.45) is 0 Å². The number of anilines is 1. The van der Waals surface area contributed by atoms with Gasteiger partial charge in [0.05, 0.1) is 33.8 Å². The van der Waals surface area contributed by atoms with Gasteiger partial charge < -0.3 is 9.47 Å². The number of carbonyl (C=O) groups excluding carboxylic acids is 2. The molecule has 0 saturated carbocycles. The molecule has 0 unspecified atom stereocenters. The van der Waals surface area contributed by atoms with Gasteiger partial charge in [-0.3, -0.25) is 10.1 Å². The molecule has 0 bridgehead atoms. The lowest BCUT2D eigenvalue weighted by molar-refractivity contribution is -0.119. The Morgan fingerprint density at radius 2 is 2.07 bits per heavy atom. The molecule has 2 aromatic rings. The minimum absolute atomic E-state index is 0.0138. The molecule has 1 aliphatic heterocycles. The lowest BCUT2D eigenvalue weighted by Gasteiger charge is -2.26. The SMILES string of the molecule is O=C(COC(=O)c1ccc(Cl)c(S(=O)(=O)N2CCOCC2)c1)Nc1ncc(Br)s1. The Morgan fingerprint density at radius 3 is 2.72 bits per heavy atom. The van der Waals surface area contributed by atoms with Crippen LogP contribution in [0.2, 0.25) is 5.02 Å². The maximum atomic E-state index is 12.8. The predicted molar refractivity (Wildman–Crippen MR) is 110 cm³/mol. The molecule has 1 saturated heterocycles. The van der Waals surface area contributed by atoms with Crippen LogP contribution in [0, 0.1) is 0 Å². The molecule has 2 heterocycles. The highest BCUT2D eigenvalue weighted by atomic mass is 79.9. The van der Waals surface area contributed by atoms with E-state index in [0.29, 0.717) is 5.13 Å². The lowest BCUT2D eigenvalue weighted by Crippen LogP contribution is -2.40. The number of carbonyl (C=O) groups is 2. The van der Waals surface area contributed by atoms with Gasteiger partial charge >= 0.3 is 5.97 Å². The third-order valence-electron chi connectivity index (χ3n) is 3.81. The molecule has 1 amide bonds. The van der Waals surface area contributed by atoms with Crippen molar-refractivity contribution in [3.63, 3.8) is 0 Å². The van der Waals surface area contributed by atoms with Gasteiger partial charge in [0.1, 0.15) is 4.90 Å². The summed E-state index contributed by atoms with van der Waals surface area (Å²) in [7, 11) is -3.90. The van der Waals surface area contributed by atoms with Gasteiger partial charge in [-0.25, -0.2) is 18.2 Å². The number of esters is 1. The number of sulfonamides is 1. The first-order valence-electron chi connectivity index (χ1n) is 8.23. The highest BCUT2D eigenvalue weighted by Gasteiger charge is 2.29. The number of benzene rings is 1. The van der Waals surface area contributed by atoms with Crippen LogP contribution < -0.4 is 5.32 Å². The number of halogens is 2. The van der Waals surface area contributed by atoms with Crippen molar-refractivity contribution >= 4 is 65.9 Å². The minimum atomic E-state index is -3.90. The summed E-state index contributed by atoms with van der Waals surface area (Å²) in [6, 6.07) is 3.78. The monoisotopic (exact) mass is 523 g/mol. The highest BCUT2D eigenvalue weighted by molar-refractivity contribution is 9.11. The summed E-state index contributed by atoms with van der Waals surface area (Å²) in [4.78, 5) is 27.9. The van der Waals surface area contributed by atoms with E-state index in [1.807, 2.05) is 0 Å². The van der Waals surface area contributed by atoms with E-state index in [0.717, 1.165) is 9.85 Å². The van der Waals surface area contributed by atoms with Crippen LogP contribution in [0.5, 0.6) is 0 Å². The smallest absolute Gasteiger partial charge is 0.338 e. The van der Waals surface area contributed by atoms with Gasteiger partial charge in [-0.15, -0.1) is 0 Å². The summed E-state index contributed by atoms with van der Waals surface area (Å²) in [5.74, 6) is -1.43. The van der Waals surface area contributed by atoms with Gasteiger partial charge in [0.25, 0.3) is 5.91 Å². The zero-order valence-electron chi connectivity index (χ0n) is 14.8. The van der Waals surface area contributed by atoms with E-state index in [1.54, 1.807) is 0 Å². The van der Waals surface area contributed by atoms with Crippen LogP contribution in [-0.2, 0) is 24.3 Å². The first kappa shape index (κ1) is 22.1. The van der Waals surface area contributed by atoms with Crippen LogP contribution in [0.1, 0.15) is 10.4 Å². The fourth-order valence-corrected chi connectivity index (χ4v) is 5.47. The number of morpholine rings is 1. The Kier molecular flexibility index (Phi) is 7.24. The number of nitrogens with zero attached hydrogens (tertiary/aromatic N) is 2. The number of hydrogen-bond acceptors (Lipinski definition) is 8. The summed E-state index contributed by atoms with van der Waals surface area (Å²) in [5.41, 5.74) is -0.0361. The molecule has 1 aliphatic rings. The molecule has 29 heavy (non-hydrogen) atoms. The summed E-state index contributed by atoms with van der Waals surface area (Å²) in [6.07, 6.45) is 1.52. The van der Waals surface area contributed by atoms with Crippen molar-refractivity contribution in [1.29, 1.82) is 0 Å². The van der Waals surface area contributed by atoms with Crippen LogP contribution in [0.3, 0.4) is 0 Å². The fraction of sp³-hybridized carbons (Fsp3) is 0.312. The van der Waals surface area contributed by atoms with E-state index in [1.165, 1.54) is 34.0 Å². The maximum absolute atomic E-state index is 12.8. The second-order valence-electron chi connectivity index (χ2n) is 5.76. The van der Waals surface area contributed by atoms with Gasteiger partial charge in [0.2, 0.25) is 10.0 Å². The number of ether oxygens (including phenoxy) is 2. The highest BCUT2D eigenvalue weighted by Crippen LogP contribution is 2.27. The summed E-state index contributed by atoms with van der Waals surface area (Å²) in [5, 5.41) is 2.82. The molecule has 0 atom stereocenters. The molecule has 3 rings (SSSR count). The molecule has 13 heteroatoms. The third-order valence-corrected chi connectivity index (χ3v) is 7.58. The van der Waals surface area contributed by atoms with Crippen molar-refractivity contribution < 1.29 is 27.5 Å². The molecule has 9 nitrogen and oxygen atoms in total. The zero-order valence-corrected chi connectivity index (χ0v) is 18.7. The Balaban J connectivity index is 1.68. The Hall–Kier alpha value is -1.57. The van der Waals surface area contributed by atoms with E-state index < -0.39 is 28.5 Å². The normalized spacial score (nSPS) is 15.1. The summed E-state index contributed by atoms with van der Waals surface area (Å²) < 4.78 is 37.7. The van der Waals surface area contributed by atoms with Crippen molar-refractivity contribution in [3.05, 3.63) is 38.8 Å². The number of rotatable bonds is 6. The Bertz CT molecular complexity index is 1020. The maximum Gasteiger partial charge on any atom is 0.338 e. The van der Waals surface area contributed by atoms with E-state index >= 15 is 0 Å². The van der Waals surface area contributed by atoms with E-state index in [-0.39, 0.29) is 41.8 Å². The topological polar surface area (TPSA) is 115 Å². The Morgan fingerprint density at radius 1 is 1.34 bits per heavy atom. The lowest BCUT2D eigenvalue weighted by atomic mass is 10.2. The number of nitrogens with one attached hydrogen (secondary N) is 1. The van der Waals surface area contributed by atoms with E-state index in [9.17, 15) is 18.0 Å². The quantitative estimate of drug-likeness (QED) is 0.577. The molecule has 0 spiro atoms. The van der Waals surface area contributed by atoms with Crippen LogP contribution in [-0.4, -0.2) is 62.5 Å². The largest absolute Gasteiger partial charge is 0.452 e. The molecule has 156 valence electrons. The van der Waals surface area contributed by atoms with Crippen LogP contribution in [0.4, 0.5) is 5.13 Å². The van der Waals surface area contributed by atoms with Gasteiger partial charge in [-0.05, 0) is 34.1 Å². The van der Waals surface area contributed by atoms with E-state index in [2.05, 4.69) is 26.2 Å². The second-order valence-corrected chi connectivity index (χ2v) is 10.5. The summed E-state index contributed by atoms with van der Waals surface area (Å²) >= 11 is 10.5. The molecule has 1 aromatic carbocycles. The summed E-state index contributed by atoms with van der Waals surface area (Å²) in [6.45, 7) is 0.400. The van der Waals surface area contributed by atoms with Crippen LogP contribution in [0.25, 0.3) is 0 Å². The molecular formula is C16H15BrClN3O6S2. The van der Waals surface area contributed by atoms with Gasteiger partial charge in [-0.1, -0.05) is 22.9 Å². The number of amides is 1. The fourth-order valence-electron chi connectivity index (χ4n) is 2.44. The molecule has 1 fully saturated rings. The van der Waals surface area contributed by atoms with Gasteiger partial charge in [0.15, 0.2) is 11.7 Å². The van der Waals surface area contributed by atoms with Crippen molar-refractivity contribution in [2.45, 2.75) is 4.90 Å². The van der Waals surface area contributed by atoms with Crippen LogP contribution >= 0.6 is 38.9 Å². The van der Waals surface area contributed by atoms with Crippen molar-refractivity contribution in [1.82, 2.24) is 9.29 Å². The number of thiazole rings is 1. The molecule has 1 N–H and O–H groups in total. The average Bonchev–Trinajstić information content (AvgIpc) is 3.11. The number of aromatic nitrogens is 1. The predicted octanol–water partition coefficient (Wildman–Crippen LogP) is 2.38. The molecule has 1 aromatic heterocycles. The second kappa shape index (κ2) is 9.49.